The minimum atomic E-state index is -4.37. The van der Waals surface area contributed by atoms with Crippen LogP contribution in [0.25, 0.3) is 0 Å². The summed E-state index contributed by atoms with van der Waals surface area (Å²) >= 11 is 0. The van der Waals surface area contributed by atoms with Crippen LogP contribution < -0.4 is 10.6 Å². The van der Waals surface area contributed by atoms with Gasteiger partial charge in [-0.3, -0.25) is 0 Å². The van der Waals surface area contributed by atoms with Crippen molar-refractivity contribution in [2.75, 3.05) is 31.5 Å². The van der Waals surface area contributed by atoms with Gasteiger partial charge in [0.2, 0.25) is 0 Å². The minimum Gasteiger partial charge on any atom is -0.322 e. The maximum absolute atomic E-state index is 12.6. The van der Waals surface area contributed by atoms with E-state index in [-0.39, 0.29) is 35.7 Å². The second kappa shape index (κ2) is 10.9. The number of piperazine rings is 1. The predicted molar refractivity (Wildman–Crippen MR) is 96.6 cm³/mol. The summed E-state index contributed by atoms with van der Waals surface area (Å²) in [6.45, 7) is 4.17. The summed E-state index contributed by atoms with van der Waals surface area (Å²) in [5, 5.41) is 5.77. The molecular formula is C17H32F3N3O. The summed E-state index contributed by atoms with van der Waals surface area (Å²) in [6, 6.07) is 3.01. The number of rotatable bonds is 1. The lowest BCUT2D eigenvalue weighted by Gasteiger charge is -2.27. The number of anilines is 1. The first kappa shape index (κ1) is 27.1. The maximum Gasteiger partial charge on any atom is 0.416 e. The molecule has 1 saturated heterocycles. The van der Waals surface area contributed by atoms with Gasteiger partial charge in [-0.25, -0.2) is 4.79 Å². The van der Waals surface area contributed by atoms with E-state index in [1.807, 2.05) is 0 Å². The highest BCUT2D eigenvalue weighted by Gasteiger charge is 2.30. The summed E-state index contributed by atoms with van der Waals surface area (Å²) < 4.78 is 37.7. The molecule has 1 aromatic carbocycles. The van der Waals surface area contributed by atoms with Crippen molar-refractivity contribution in [3.05, 3.63) is 29.3 Å². The molecule has 2 rings (SSSR count). The van der Waals surface area contributed by atoms with Gasteiger partial charge in [-0.2, -0.15) is 13.2 Å². The Hall–Kier alpha value is -1.76. The SMILES string of the molecule is C.C.C.C.Cc1cc(C(F)(F)F)ccc1NC(=O)N1CCNCC1. The van der Waals surface area contributed by atoms with Crippen molar-refractivity contribution in [1.29, 1.82) is 0 Å². The Balaban J connectivity index is -0.00000110. The second-order valence-corrected chi connectivity index (χ2v) is 4.69. The number of amides is 2. The largest absolute Gasteiger partial charge is 0.416 e. The highest BCUT2D eigenvalue weighted by Crippen LogP contribution is 2.31. The second-order valence-electron chi connectivity index (χ2n) is 4.69. The first-order chi connectivity index (χ1) is 9.38. The highest BCUT2D eigenvalue weighted by molar-refractivity contribution is 5.90. The standard InChI is InChI=1S/C13H16F3N3O.4CH4/c1-9-8-10(13(14,15)16)2-3-11(9)18-12(20)19-6-4-17-5-7-19;;;;/h2-3,8,17H,4-7H2,1H3,(H,18,20);4*1H4. The fraction of sp³-hybridized carbons (Fsp3) is 0.588. The molecule has 1 aliphatic heterocycles. The van der Waals surface area contributed by atoms with Crippen LogP contribution in [-0.4, -0.2) is 37.1 Å². The van der Waals surface area contributed by atoms with Crippen LogP contribution in [0.4, 0.5) is 23.7 Å². The zero-order chi connectivity index (χ0) is 14.8. The Morgan fingerprint density at radius 1 is 1.12 bits per heavy atom. The molecule has 0 radical (unpaired) electrons. The fourth-order valence-corrected chi connectivity index (χ4v) is 2.04. The van der Waals surface area contributed by atoms with Gasteiger partial charge in [0.1, 0.15) is 0 Å². The number of carbonyl (C=O) groups excluding carboxylic acids is 1. The zero-order valence-electron chi connectivity index (χ0n) is 11.0. The molecule has 24 heavy (non-hydrogen) atoms. The molecule has 0 spiro atoms. The Kier molecular flexibility index (Phi) is 12.3. The van der Waals surface area contributed by atoms with Gasteiger partial charge in [0, 0.05) is 31.9 Å². The number of hydrogen-bond donors (Lipinski definition) is 2. The molecule has 0 unspecified atom stereocenters. The maximum atomic E-state index is 12.6. The molecule has 1 aromatic rings. The normalized spacial score (nSPS) is 13.4. The Labute approximate surface area is 144 Å². The third-order valence-electron chi connectivity index (χ3n) is 3.20. The number of nitrogens with one attached hydrogen (secondary N) is 2. The lowest BCUT2D eigenvalue weighted by Crippen LogP contribution is -2.48. The van der Waals surface area contributed by atoms with Crippen molar-refractivity contribution in [3.63, 3.8) is 0 Å². The molecule has 0 aromatic heterocycles. The van der Waals surface area contributed by atoms with Gasteiger partial charge >= 0.3 is 12.2 Å². The van der Waals surface area contributed by atoms with Crippen LogP contribution in [0.3, 0.4) is 0 Å². The predicted octanol–water partition coefficient (Wildman–Crippen LogP) is 5.00. The number of alkyl halides is 3. The van der Waals surface area contributed by atoms with Crippen LogP contribution in [0, 0.1) is 6.92 Å². The number of urea groups is 1. The number of benzene rings is 1. The highest BCUT2D eigenvalue weighted by atomic mass is 19.4. The van der Waals surface area contributed by atoms with Gasteiger partial charge in [-0.05, 0) is 30.7 Å². The first-order valence-corrected chi connectivity index (χ1v) is 6.32. The Morgan fingerprint density at radius 2 is 1.67 bits per heavy atom. The molecule has 142 valence electrons. The monoisotopic (exact) mass is 351 g/mol. The van der Waals surface area contributed by atoms with E-state index in [9.17, 15) is 18.0 Å². The van der Waals surface area contributed by atoms with Gasteiger partial charge in [0.25, 0.3) is 0 Å². The van der Waals surface area contributed by atoms with E-state index in [0.717, 1.165) is 25.2 Å². The van der Waals surface area contributed by atoms with E-state index in [1.165, 1.54) is 6.07 Å². The van der Waals surface area contributed by atoms with Crippen LogP contribution in [-0.2, 0) is 6.18 Å². The van der Waals surface area contributed by atoms with Gasteiger partial charge < -0.3 is 15.5 Å². The van der Waals surface area contributed by atoms with Crippen molar-refractivity contribution in [2.24, 2.45) is 0 Å². The molecule has 4 nitrogen and oxygen atoms in total. The summed E-state index contributed by atoms with van der Waals surface area (Å²) in [7, 11) is 0. The molecule has 1 aliphatic rings. The minimum absolute atomic E-state index is 0. The summed E-state index contributed by atoms with van der Waals surface area (Å²) in [5.74, 6) is 0. The molecular weight excluding hydrogens is 319 g/mol. The van der Waals surface area contributed by atoms with Crippen LogP contribution in [0.2, 0.25) is 0 Å². The van der Waals surface area contributed by atoms with E-state index < -0.39 is 11.7 Å². The van der Waals surface area contributed by atoms with E-state index in [1.54, 1.807) is 11.8 Å². The van der Waals surface area contributed by atoms with Gasteiger partial charge in [-0.1, -0.05) is 29.7 Å². The molecule has 2 amide bonds. The summed E-state index contributed by atoms with van der Waals surface area (Å²) in [6.07, 6.45) is -4.37. The first-order valence-electron chi connectivity index (χ1n) is 6.32. The molecule has 0 bridgehead atoms. The van der Waals surface area contributed by atoms with Crippen LogP contribution >= 0.6 is 0 Å². The van der Waals surface area contributed by atoms with Crippen molar-refractivity contribution >= 4 is 11.7 Å². The molecule has 2 N–H and O–H groups in total. The van der Waals surface area contributed by atoms with Gasteiger partial charge in [-0.15, -0.1) is 0 Å². The lowest BCUT2D eigenvalue weighted by molar-refractivity contribution is -0.137. The number of carbonyl (C=O) groups is 1. The van der Waals surface area contributed by atoms with Crippen molar-refractivity contribution < 1.29 is 18.0 Å². The Morgan fingerprint density at radius 3 is 2.12 bits per heavy atom. The topological polar surface area (TPSA) is 44.4 Å². The fourth-order valence-electron chi connectivity index (χ4n) is 2.04. The summed E-state index contributed by atoms with van der Waals surface area (Å²) in [4.78, 5) is 13.6. The van der Waals surface area contributed by atoms with Crippen LogP contribution in [0.15, 0.2) is 18.2 Å². The van der Waals surface area contributed by atoms with Crippen LogP contribution in [0.5, 0.6) is 0 Å². The molecule has 0 saturated carbocycles. The number of nitrogens with zero attached hydrogens (tertiary/aromatic N) is 1. The number of aryl methyl sites for hydroxylation is 1. The van der Waals surface area contributed by atoms with Crippen LogP contribution in [0.1, 0.15) is 40.8 Å². The van der Waals surface area contributed by atoms with Crippen molar-refractivity contribution in [1.82, 2.24) is 10.2 Å². The van der Waals surface area contributed by atoms with E-state index in [2.05, 4.69) is 10.6 Å². The van der Waals surface area contributed by atoms with E-state index >= 15 is 0 Å². The van der Waals surface area contributed by atoms with Crippen molar-refractivity contribution in [2.45, 2.75) is 42.8 Å². The zero-order valence-corrected chi connectivity index (χ0v) is 11.0. The van der Waals surface area contributed by atoms with E-state index in [0.29, 0.717) is 24.3 Å². The molecule has 7 heteroatoms. The third kappa shape index (κ3) is 6.78. The molecule has 1 fully saturated rings. The van der Waals surface area contributed by atoms with Gasteiger partial charge in [0.05, 0.1) is 5.56 Å². The number of halogens is 3. The Bertz CT molecular complexity index is 498. The average molecular weight is 351 g/mol. The quantitative estimate of drug-likeness (QED) is 0.748. The van der Waals surface area contributed by atoms with Crippen molar-refractivity contribution in [3.8, 4) is 0 Å². The molecule has 0 aliphatic carbocycles. The third-order valence-corrected chi connectivity index (χ3v) is 3.20. The van der Waals surface area contributed by atoms with Gasteiger partial charge in [0.15, 0.2) is 0 Å². The smallest absolute Gasteiger partial charge is 0.322 e. The number of hydrogen-bond acceptors (Lipinski definition) is 2. The molecule has 0 atom stereocenters. The summed E-state index contributed by atoms with van der Waals surface area (Å²) in [5.41, 5.74) is 0.0833. The van der Waals surface area contributed by atoms with E-state index in [4.69, 9.17) is 0 Å². The molecule has 1 heterocycles. The average Bonchev–Trinajstić information content (AvgIpc) is 2.41. The lowest BCUT2D eigenvalue weighted by atomic mass is 10.1.